The van der Waals surface area contributed by atoms with E-state index in [1.54, 1.807) is 12.4 Å². The number of H-pyrrole nitrogens is 1. The summed E-state index contributed by atoms with van der Waals surface area (Å²) in [7, 11) is 0. The van der Waals surface area contributed by atoms with Crippen LogP contribution in [0.15, 0.2) is 67.1 Å². The summed E-state index contributed by atoms with van der Waals surface area (Å²) >= 11 is 0. The van der Waals surface area contributed by atoms with Gasteiger partial charge in [0.05, 0.1) is 17.8 Å². The molecule has 0 aliphatic carbocycles. The fraction of sp³-hybridized carbons (Fsp3) is 0.269. The Labute approximate surface area is 182 Å². The van der Waals surface area contributed by atoms with E-state index < -0.39 is 0 Å². The van der Waals surface area contributed by atoms with E-state index in [0.29, 0.717) is 13.0 Å². The number of likely N-dealkylation sites (tertiary alicyclic amines) is 1. The number of piperidine rings is 1. The summed E-state index contributed by atoms with van der Waals surface area (Å²) in [6.07, 6.45) is 7.90. The van der Waals surface area contributed by atoms with Crippen LogP contribution in [-0.2, 0) is 11.2 Å². The van der Waals surface area contributed by atoms with Crippen LogP contribution < -0.4 is 0 Å². The van der Waals surface area contributed by atoms with Gasteiger partial charge in [0.2, 0.25) is 5.91 Å². The lowest BCUT2D eigenvalue weighted by Crippen LogP contribution is -2.40. The first-order valence-electron chi connectivity index (χ1n) is 10.9. The number of benzene rings is 2. The van der Waals surface area contributed by atoms with Crippen molar-refractivity contribution in [3.05, 3.63) is 83.9 Å². The smallest absolute Gasteiger partial charge is 0.227 e. The van der Waals surface area contributed by atoms with Crippen LogP contribution in [0.2, 0.25) is 0 Å². The number of carbonyl (C=O) groups is 1. The third-order valence-corrected chi connectivity index (χ3v) is 6.20. The Balaban J connectivity index is 1.37. The zero-order valence-electron chi connectivity index (χ0n) is 17.7. The Morgan fingerprint density at radius 2 is 2.00 bits per heavy atom. The van der Waals surface area contributed by atoms with Gasteiger partial charge in [0.15, 0.2) is 0 Å². The lowest BCUT2D eigenvalue weighted by atomic mass is 9.91. The number of aryl methyl sites for hydroxylation is 1. The van der Waals surface area contributed by atoms with E-state index in [-0.39, 0.29) is 11.8 Å². The molecule has 2 aromatic heterocycles. The monoisotopic (exact) mass is 410 g/mol. The van der Waals surface area contributed by atoms with Gasteiger partial charge in [0.25, 0.3) is 0 Å². The van der Waals surface area contributed by atoms with Gasteiger partial charge in [0.1, 0.15) is 0 Å². The first-order chi connectivity index (χ1) is 15.2. The van der Waals surface area contributed by atoms with Crippen LogP contribution >= 0.6 is 0 Å². The van der Waals surface area contributed by atoms with Crippen molar-refractivity contribution >= 4 is 16.8 Å². The summed E-state index contributed by atoms with van der Waals surface area (Å²) in [5, 5.41) is 1.13. The average molecular weight is 411 g/mol. The molecule has 0 saturated carbocycles. The third-order valence-electron chi connectivity index (χ3n) is 6.20. The molecule has 1 aliphatic heterocycles. The van der Waals surface area contributed by atoms with E-state index in [0.717, 1.165) is 52.8 Å². The van der Waals surface area contributed by atoms with Gasteiger partial charge in [0, 0.05) is 54.1 Å². The Hall–Kier alpha value is -3.47. The molecule has 1 fully saturated rings. The predicted octanol–water partition coefficient (Wildman–Crippen LogP) is 4.88. The first-order valence-corrected chi connectivity index (χ1v) is 10.9. The summed E-state index contributed by atoms with van der Waals surface area (Å²) in [4.78, 5) is 27.8. The minimum atomic E-state index is 0.176. The van der Waals surface area contributed by atoms with Crippen LogP contribution in [0.3, 0.4) is 0 Å². The van der Waals surface area contributed by atoms with Crippen LogP contribution in [0.1, 0.15) is 35.6 Å². The van der Waals surface area contributed by atoms with Gasteiger partial charge >= 0.3 is 0 Å². The molecule has 0 radical (unpaired) electrons. The molecule has 1 saturated heterocycles. The van der Waals surface area contributed by atoms with Crippen molar-refractivity contribution in [3.63, 3.8) is 0 Å². The average Bonchev–Trinajstić information content (AvgIpc) is 3.22. The van der Waals surface area contributed by atoms with Crippen LogP contribution in [0.5, 0.6) is 0 Å². The molecule has 2 aromatic carbocycles. The van der Waals surface area contributed by atoms with E-state index in [1.807, 2.05) is 29.3 Å². The van der Waals surface area contributed by atoms with Gasteiger partial charge in [-0.25, -0.2) is 0 Å². The molecule has 4 aromatic rings. The van der Waals surface area contributed by atoms with Crippen molar-refractivity contribution in [3.8, 4) is 11.3 Å². The molecule has 0 spiro atoms. The molecule has 5 heteroatoms. The van der Waals surface area contributed by atoms with Gasteiger partial charge in [-0.2, -0.15) is 0 Å². The zero-order chi connectivity index (χ0) is 21.2. The Bertz CT molecular complexity index is 1230. The van der Waals surface area contributed by atoms with Gasteiger partial charge < -0.3 is 9.88 Å². The summed E-state index contributed by atoms with van der Waals surface area (Å²) in [5.41, 5.74) is 6.35. The number of rotatable bonds is 4. The van der Waals surface area contributed by atoms with Crippen molar-refractivity contribution in [2.24, 2.45) is 0 Å². The van der Waals surface area contributed by atoms with Gasteiger partial charge in [-0.05, 0) is 37.5 Å². The SMILES string of the molecule is Cc1cccc(-c2nccnc2[C@H]2CCCN(C(=O)Cc3c[nH]c4ccccc34)C2)c1. The first kappa shape index (κ1) is 19.5. The van der Waals surface area contributed by atoms with Crippen LogP contribution in [0.25, 0.3) is 22.2 Å². The van der Waals surface area contributed by atoms with Gasteiger partial charge in [-0.15, -0.1) is 0 Å². The highest BCUT2D eigenvalue weighted by Gasteiger charge is 2.28. The predicted molar refractivity (Wildman–Crippen MR) is 123 cm³/mol. The molecule has 1 atom stereocenters. The van der Waals surface area contributed by atoms with Crippen LogP contribution in [0.4, 0.5) is 0 Å². The van der Waals surface area contributed by atoms with Crippen molar-refractivity contribution in [2.75, 3.05) is 13.1 Å². The van der Waals surface area contributed by atoms with Crippen molar-refractivity contribution in [1.82, 2.24) is 19.9 Å². The number of nitrogens with zero attached hydrogens (tertiary/aromatic N) is 3. The number of para-hydroxylation sites is 1. The van der Waals surface area contributed by atoms with E-state index in [1.165, 1.54) is 5.56 Å². The molecular weight excluding hydrogens is 384 g/mol. The number of aromatic amines is 1. The van der Waals surface area contributed by atoms with E-state index in [4.69, 9.17) is 4.98 Å². The molecular formula is C26H26N4O. The second-order valence-corrected chi connectivity index (χ2v) is 8.37. The number of nitrogens with one attached hydrogen (secondary N) is 1. The minimum absolute atomic E-state index is 0.176. The van der Waals surface area contributed by atoms with Crippen molar-refractivity contribution < 1.29 is 4.79 Å². The normalized spacial score (nSPS) is 16.5. The maximum atomic E-state index is 13.2. The minimum Gasteiger partial charge on any atom is -0.361 e. The molecule has 156 valence electrons. The topological polar surface area (TPSA) is 61.9 Å². The molecule has 31 heavy (non-hydrogen) atoms. The number of hydrogen-bond donors (Lipinski definition) is 1. The molecule has 5 nitrogen and oxygen atoms in total. The highest BCUT2D eigenvalue weighted by molar-refractivity contribution is 5.89. The quantitative estimate of drug-likeness (QED) is 0.521. The molecule has 1 amide bonds. The highest BCUT2D eigenvalue weighted by atomic mass is 16.2. The van der Waals surface area contributed by atoms with E-state index >= 15 is 0 Å². The fourth-order valence-corrected chi connectivity index (χ4v) is 4.64. The molecule has 0 bridgehead atoms. The fourth-order valence-electron chi connectivity index (χ4n) is 4.64. The van der Waals surface area contributed by atoms with Crippen molar-refractivity contribution in [2.45, 2.75) is 32.1 Å². The van der Waals surface area contributed by atoms with Crippen LogP contribution in [0, 0.1) is 6.92 Å². The van der Waals surface area contributed by atoms with E-state index in [9.17, 15) is 4.79 Å². The zero-order valence-corrected chi connectivity index (χ0v) is 17.7. The molecule has 0 unspecified atom stereocenters. The molecule has 5 rings (SSSR count). The molecule has 1 N–H and O–H groups in total. The Morgan fingerprint density at radius 3 is 2.90 bits per heavy atom. The Kier molecular flexibility index (Phi) is 5.24. The summed E-state index contributed by atoms with van der Waals surface area (Å²) in [6.45, 7) is 3.59. The Morgan fingerprint density at radius 1 is 1.13 bits per heavy atom. The third kappa shape index (κ3) is 3.96. The number of carbonyl (C=O) groups excluding carboxylic acids is 1. The second-order valence-electron chi connectivity index (χ2n) is 8.37. The maximum Gasteiger partial charge on any atom is 0.227 e. The summed E-state index contributed by atoms with van der Waals surface area (Å²) in [5.74, 6) is 0.375. The largest absolute Gasteiger partial charge is 0.361 e. The molecule has 1 aliphatic rings. The summed E-state index contributed by atoms with van der Waals surface area (Å²) in [6, 6.07) is 16.5. The highest BCUT2D eigenvalue weighted by Crippen LogP contribution is 2.32. The van der Waals surface area contributed by atoms with Crippen molar-refractivity contribution in [1.29, 1.82) is 0 Å². The number of fused-ring (bicyclic) bond motifs is 1. The number of amides is 1. The lowest BCUT2D eigenvalue weighted by Gasteiger charge is -2.33. The lowest BCUT2D eigenvalue weighted by molar-refractivity contribution is -0.131. The molecule has 3 heterocycles. The van der Waals surface area contributed by atoms with E-state index in [2.05, 4.69) is 47.2 Å². The number of hydrogen-bond acceptors (Lipinski definition) is 3. The standard InChI is InChI=1S/C26H26N4O/c1-18-6-4-7-19(14-18)25-26(28-12-11-27-25)20-8-5-13-30(17-20)24(31)15-21-16-29-23-10-3-2-9-22(21)23/h2-4,6-7,9-12,14,16,20,29H,5,8,13,15,17H2,1H3/t20-/m0/s1. The maximum absolute atomic E-state index is 13.2. The van der Waals surface area contributed by atoms with Crippen LogP contribution in [-0.4, -0.2) is 38.8 Å². The summed E-state index contributed by atoms with van der Waals surface area (Å²) < 4.78 is 0. The van der Waals surface area contributed by atoms with Gasteiger partial charge in [-0.3, -0.25) is 14.8 Å². The number of aromatic nitrogens is 3. The second kappa shape index (κ2) is 8.34. The van der Waals surface area contributed by atoms with Gasteiger partial charge in [-0.1, -0.05) is 42.0 Å².